The normalized spacial score (nSPS) is 13.4. The molecule has 0 amide bonds. The van der Waals surface area contributed by atoms with Crippen LogP contribution in [0.5, 0.6) is 0 Å². The number of benzene rings is 1. The molecule has 1 rings (SSSR count). The van der Waals surface area contributed by atoms with Gasteiger partial charge in [-0.05, 0) is 30.5 Å². The molecule has 2 N–H and O–H groups in total. The van der Waals surface area contributed by atoms with E-state index in [0.717, 1.165) is 5.56 Å². The maximum absolute atomic E-state index is 12.1. The zero-order valence-corrected chi connectivity index (χ0v) is 12.1. The Morgan fingerprint density at radius 1 is 1.32 bits per heavy atom. The van der Waals surface area contributed by atoms with Crippen molar-refractivity contribution in [2.75, 3.05) is 20.3 Å². The van der Waals surface area contributed by atoms with Crippen LogP contribution in [-0.4, -0.2) is 39.9 Å². The molecule has 0 fully saturated rings. The first-order chi connectivity index (χ1) is 9.03. The molecule has 0 aliphatic carbocycles. The number of hydrogen-bond donors (Lipinski definition) is 2. The van der Waals surface area contributed by atoms with Gasteiger partial charge in [-0.3, -0.25) is 0 Å². The highest BCUT2D eigenvalue weighted by Gasteiger charge is 2.18. The third-order valence-electron chi connectivity index (χ3n) is 2.82. The Bertz CT molecular complexity index is 470. The molecule has 5 nitrogen and oxygen atoms in total. The van der Waals surface area contributed by atoms with Gasteiger partial charge >= 0.3 is 0 Å². The van der Waals surface area contributed by atoms with Crippen molar-refractivity contribution in [3.63, 3.8) is 0 Å². The molecular formula is C13H21NO4S. The lowest BCUT2D eigenvalue weighted by Gasteiger charge is -2.16. The molecule has 0 bridgehead atoms. The fourth-order valence-electron chi connectivity index (χ4n) is 1.69. The first-order valence-corrected chi connectivity index (χ1v) is 7.73. The lowest BCUT2D eigenvalue weighted by molar-refractivity contribution is 0.173. The van der Waals surface area contributed by atoms with Gasteiger partial charge in [-0.1, -0.05) is 19.1 Å². The average molecular weight is 287 g/mol. The van der Waals surface area contributed by atoms with E-state index in [1.54, 1.807) is 31.4 Å². The van der Waals surface area contributed by atoms with Crippen LogP contribution >= 0.6 is 0 Å². The number of rotatable bonds is 8. The molecule has 0 aliphatic rings. The third-order valence-corrected chi connectivity index (χ3v) is 4.35. The lowest BCUT2D eigenvalue weighted by atomic mass is 10.2. The largest absolute Gasteiger partial charge is 0.396 e. The Morgan fingerprint density at radius 3 is 2.42 bits per heavy atom. The highest BCUT2D eigenvalue weighted by molar-refractivity contribution is 7.89. The van der Waals surface area contributed by atoms with Crippen LogP contribution in [0.15, 0.2) is 29.2 Å². The van der Waals surface area contributed by atoms with Gasteiger partial charge in [0.2, 0.25) is 10.0 Å². The molecule has 0 saturated heterocycles. The molecule has 0 heterocycles. The van der Waals surface area contributed by atoms with Gasteiger partial charge in [0.15, 0.2) is 0 Å². The van der Waals surface area contributed by atoms with Gasteiger partial charge in [-0.25, -0.2) is 13.1 Å². The zero-order valence-electron chi connectivity index (χ0n) is 11.3. The van der Waals surface area contributed by atoms with Crippen molar-refractivity contribution >= 4 is 10.0 Å². The quantitative estimate of drug-likeness (QED) is 0.745. The van der Waals surface area contributed by atoms with E-state index < -0.39 is 10.0 Å². The maximum Gasteiger partial charge on any atom is 0.240 e. The second kappa shape index (κ2) is 7.59. The predicted octanol–water partition coefficient (Wildman–Crippen LogP) is 0.925. The molecule has 1 aromatic rings. The summed E-state index contributed by atoms with van der Waals surface area (Å²) in [6, 6.07) is 6.29. The number of ether oxygens (including phenoxy) is 1. The predicted molar refractivity (Wildman–Crippen MR) is 73.5 cm³/mol. The first kappa shape index (κ1) is 16.1. The Morgan fingerprint density at radius 2 is 1.95 bits per heavy atom. The van der Waals surface area contributed by atoms with Crippen molar-refractivity contribution in [2.45, 2.75) is 30.7 Å². The molecule has 1 unspecified atom stereocenters. The number of methoxy groups -OCH3 is 1. The Labute approximate surface area is 114 Å². The molecule has 0 spiro atoms. The van der Waals surface area contributed by atoms with E-state index in [9.17, 15) is 8.42 Å². The standard InChI is InChI=1S/C13H21NO4S/c1-3-12(10-18-2)14-19(16,17)13-6-4-11(5-7-13)8-9-15/h4-7,12,14-15H,3,8-10H2,1-2H3. The molecule has 1 aromatic carbocycles. The van der Waals surface area contributed by atoms with Crippen molar-refractivity contribution < 1.29 is 18.3 Å². The SMILES string of the molecule is CCC(COC)NS(=O)(=O)c1ccc(CCO)cc1. The molecular weight excluding hydrogens is 266 g/mol. The molecule has 0 radical (unpaired) electrons. The number of nitrogens with one attached hydrogen (secondary N) is 1. The Kier molecular flexibility index (Phi) is 6.44. The third kappa shape index (κ3) is 4.91. The summed E-state index contributed by atoms with van der Waals surface area (Å²) in [5, 5.41) is 8.81. The van der Waals surface area contributed by atoms with Crippen LogP contribution in [0, 0.1) is 0 Å². The van der Waals surface area contributed by atoms with Crippen LogP contribution in [0.2, 0.25) is 0 Å². The fourth-order valence-corrected chi connectivity index (χ4v) is 2.99. The Hall–Kier alpha value is -0.950. The van der Waals surface area contributed by atoms with E-state index in [2.05, 4.69) is 4.72 Å². The van der Waals surface area contributed by atoms with E-state index in [1.165, 1.54) is 0 Å². The minimum atomic E-state index is -3.52. The molecule has 0 aliphatic heterocycles. The second-order valence-electron chi connectivity index (χ2n) is 4.30. The van der Waals surface area contributed by atoms with Gasteiger partial charge in [-0.2, -0.15) is 0 Å². The number of sulfonamides is 1. The lowest BCUT2D eigenvalue weighted by Crippen LogP contribution is -2.37. The first-order valence-electron chi connectivity index (χ1n) is 6.24. The van der Waals surface area contributed by atoms with Gasteiger partial charge < -0.3 is 9.84 Å². The monoisotopic (exact) mass is 287 g/mol. The van der Waals surface area contributed by atoms with Gasteiger partial charge in [0.05, 0.1) is 11.5 Å². The van der Waals surface area contributed by atoms with Crippen LogP contribution in [0.1, 0.15) is 18.9 Å². The number of aliphatic hydroxyl groups excluding tert-OH is 1. The van der Waals surface area contributed by atoms with Crippen LogP contribution in [0.4, 0.5) is 0 Å². The summed E-state index contributed by atoms with van der Waals surface area (Å²) >= 11 is 0. The van der Waals surface area contributed by atoms with Crippen molar-refractivity contribution in [1.29, 1.82) is 0 Å². The second-order valence-corrected chi connectivity index (χ2v) is 6.01. The van der Waals surface area contributed by atoms with E-state index in [-0.39, 0.29) is 17.5 Å². The zero-order chi connectivity index (χ0) is 14.3. The summed E-state index contributed by atoms with van der Waals surface area (Å²) in [6.07, 6.45) is 1.19. The molecule has 6 heteroatoms. The topological polar surface area (TPSA) is 75.6 Å². The van der Waals surface area contributed by atoms with E-state index in [4.69, 9.17) is 9.84 Å². The highest BCUT2D eigenvalue weighted by Crippen LogP contribution is 2.12. The van der Waals surface area contributed by atoms with E-state index in [0.29, 0.717) is 19.4 Å². The van der Waals surface area contributed by atoms with E-state index in [1.807, 2.05) is 6.92 Å². The average Bonchev–Trinajstić information content (AvgIpc) is 2.39. The van der Waals surface area contributed by atoms with E-state index >= 15 is 0 Å². The minimum Gasteiger partial charge on any atom is -0.396 e. The van der Waals surface area contributed by atoms with Crippen molar-refractivity contribution in [2.24, 2.45) is 0 Å². The minimum absolute atomic E-state index is 0.0517. The molecule has 0 aromatic heterocycles. The molecule has 108 valence electrons. The van der Waals surface area contributed by atoms with Gasteiger partial charge in [0.25, 0.3) is 0 Å². The highest BCUT2D eigenvalue weighted by atomic mass is 32.2. The fraction of sp³-hybridized carbons (Fsp3) is 0.538. The summed E-state index contributed by atoms with van der Waals surface area (Å²) in [4.78, 5) is 0.226. The molecule has 1 atom stereocenters. The van der Waals surface area contributed by atoms with Crippen molar-refractivity contribution in [3.8, 4) is 0 Å². The van der Waals surface area contributed by atoms with Crippen LogP contribution in [-0.2, 0) is 21.2 Å². The number of aliphatic hydroxyl groups is 1. The van der Waals surface area contributed by atoms with Crippen LogP contribution < -0.4 is 4.72 Å². The summed E-state index contributed by atoms with van der Waals surface area (Å²) in [6.45, 7) is 2.30. The molecule has 19 heavy (non-hydrogen) atoms. The summed E-state index contributed by atoms with van der Waals surface area (Å²) in [7, 11) is -1.98. The van der Waals surface area contributed by atoms with Gasteiger partial charge in [-0.15, -0.1) is 0 Å². The summed E-state index contributed by atoms with van der Waals surface area (Å²) in [5.41, 5.74) is 0.908. The number of hydrogen-bond acceptors (Lipinski definition) is 4. The smallest absolute Gasteiger partial charge is 0.240 e. The van der Waals surface area contributed by atoms with Gasteiger partial charge in [0, 0.05) is 19.8 Å². The van der Waals surface area contributed by atoms with Crippen molar-refractivity contribution in [3.05, 3.63) is 29.8 Å². The van der Waals surface area contributed by atoms with Crippen LogP contribution in [0.3, 0.4) is 0 Å². The van der Waals surface area contributed by atoms with Crippen molar-refractivity contribution in [1.82, 2.24) is 4.72 Å². The Balaban J connectivity index is 2.81. The van der Waals surface area contributed by atoms with Gasteiger partial charge in [0.1, 0.15) is 0 Å². The summed E-state index contributed by atoms with van der Waals surface area (Å²) in [5.74, 6) is 0. The maximum atomic E-state index is 12.1. The van der Waals surface area contributed by atoms with Crippen LogP contribution in [0.25, 0.3) is 0 Å². The molecule has 0 saturated carbocycles. The summed E-state index contributed by atoms with van der Waals surface area (Å²) < 4.78 is 31.8.